The minimum Gasteiger partial charge on any atom is -0.505 e. The van der Waals surface area contributed by atoms with Gasteiger partial charge >= 0.3 is 0 Å². The predicted molar refractivity (Wildman–Crippen MR) is 250 cm³/mol. The Morgan fingerprint density at radius 1 is 0.970 bits per heavy atom. The number of amides is 6. The minimum absolute atomic E-state index is 0.0514. The molecule has 354 valence electrons. The van der Waals surface area contributed by atoms with Gasteiger partial charge in [-0.05, 0) is 80.1 Å². The molecular formula is C48H59N11O8. The number of aromatic nitrogens is 2. The highest BCUT2D eigenvalue weighted by atomic mass is 16.5. The van der Waals surface area contributed by atoms with Crippen molar-refractivity contribution in [1.82, 2.24) is 36.1 Å². The summed E-state index contributed by atoms with van der Waals surface area (Å²) in [6.07, 6.45) is -0.164. The number of nitrogens with two attached hydrogens (primary N) is 2. The largest absolute Gasteiger partial charge is 0.505 e. The zero-order valence-electron chi connectivity index (χ0n) is 39.0. The zero-order chi connectivity index (χ0) is 49.3. The number of likely N-dealkylation sites (N-methyl/N-ethyl adjacent to an activating group) is 1. The molecule has 5 rings (SSSR count). The van der Waals surface area contributed by atoms with Gasteiger partial charge in [0.1, 0.15) is 48.8 Å². The minimum atomic E-state index is -1.60. The van der Waals surface area contributed by atoms with Crippen LogP contribution >= 0.6 is 0 Å². The lowest BCUT2D eigenvalue weighted by Crippen LogP contribution is -2.56. The molecule has 0 radical (unpaired) electrons. The fourth-order valence-corrected chi connectivity index (χ4v) is 7.74. The Labute approximate surface area is 389 Å². The van der Waals surface area contributed by atoms with E-state index in [1.807, 2.05) is 30.3 Å². The summed E-state index contributed by atoms with van der Waals surface area (Å²) in [7, 11) is 1.33. The predicted octanol–water partition coefficient (Wildman–Crippen LogP) is 2.56. The van der Waals surface area contributed by atoms with Gasteiger partial charge in [-0.25, -0.2) is 9.97 Å². The number of anilines is 1. The van der Waals surface area contributed by atoms with Crippen molar-refractivity contribution in [3.63, 3.8) is 0 Å². The Balaban J connectivity index is 1.61. The van der Waals surface area contributed by atoms with Crippen molar-refractivity contribution in [1.29, 1.82) is 5.26 Å². The average molecular weight is 918 g/mol. The van der Waals surface area contributed by atoms with Gasteiger partial charge in [0.2, 0.25) is 29.5 Å². The molecule has 67 heavy (non-hydrogen) atoms. The van der Waals surface area contributed by atoms with Gasteiger partial charge < -0.3 is 52.8 Å². The monoisotopic (exact) mass is 917 g/mol. The molecule has 10 N–H and O–H groups in total. The van der Waals surface area contributed by atoms with Crippen molar-refractivity contribution in [3.8, 4) is 40.1 Å². The number of aromatic hydroxyl groups is 1. The number of phenols is 1. The fraction of sp³-hybridized carbons (Fsp3) is 0.396. The number of hydrogen-bond donors (Lipinski definition) is 8. The standard InChI is InChI=1S/C48H59N11O8/c1-25-39(26(2)54-42(53-25)30-10-12-32(13-11-30)48(5,6)7)45(64)57-35(15-16-49)47(66)59(8)40-31-23-34(41(61)36(24-31)56-28(4)60)33-21-29(9-14-38(33)67-20-18-51)22-37(44(63)52-19-17-50)58-43(62)27(3)55-46(40)65/h9-14,21,23-24,27,35,37,40,61H,15-16,18-20,22,49,51H2,1-8H3,(H,52,63)(H,55,65)(H,56,60)(H,57,64)(H,58,62). The van der Waals surface area contributed by atoms with E-state index in [-0.39, 0.29) is 78.2 Å². The van der Waals surface area contributed by atoms with Crippen LogP contribution in [-0.2, 0) is 35.8 Å². The maximum atomic E-state index is 14.8. The highest BCUT2D eigenvalue weighted by molar-refractivity contribution is 6.01. The molecule has 3 aromatic carbocycles. The quantitative estimate of drug-likeness (QED) is 0.0708. The molecule has 4 aromatic rings. The Morgan fingerprint density at radius 2 is 1.64 bits per heavy atom. The smallest absolute Gasteiger partial charge is 0.255 e. The van der Waals surface area contributed by atoms with Crippen molar-refractivity contribution >= 4 is 41.1 Å². The summed E-state index contributed by atoms with van der Waals surface area (Å²) >= 11 is 0. The molecule has 0 spiro atoms. The van der Waals surface area contributed by atoms with Crippen molar-refractivity contribution < 1.29 is 38.6 Å². The average Bonchev–Trinajstić information content (AvgIpc) is 3.27. The van der Waals surface area contributed by atoms with Gasteiger partial charge in [-0.1, -0.05) is 51.1 Å². The van der Waals surface area contributed by atoms with E-state index in [0.717, 1.165) is 16.0 Å². The van der Waals surface area contributed by atoms with E-state index in [1.54, 1.807) is 32.0 Å². The van der Waals surface area contributed by atoms with Crippen LogP contribution in [-0.4, -0.2) is 107 Å². The summed E-state index contributed by atoms with van der Waals surface area (Å²) in [4.78, 5) is 93.6. The lowest BCUT2D eigenvalue weighted by Gasteiger charge is -2.33. The number of nitrogens with one attached hydrogen (secondary N) is 5. The Kier molecular flexibility index (Phi) is 16.4. The Bertz CT molecular complexity index is 2560. The van der Waals surface area contributed by atoms with E-state index in [2.05, 4.69) is 57.3 Å². The van der Waals surface area contributed by atoms with Crippen LogP contribution in [0, 0.1) is 25.2 Å². The molecular weight excluding hydrogens is 859 g/mol. The molecule has 6 amide bonds. The SMILES string of the molecule is CC(=O)Nc1cc2cc(c1O)-c1cc(ccc1OCCN)CC(C(=O)NCC#N)NC(=O)C(C)NC(=O)C2N(C)C(=O)C(CCN)NC(=O)c1c(C)nc(-c2ccc(C(C)(C)C)cc2)nc1C. The molecule has 1 aliphatic heterocycles. The van der Waals surface area contributed by atoms with Gasteiger partial charge in [0, 0.05) is 43.6 Å². The van der Waals surface area contributed by atoms with Crippen LogP contribution in [0.25, 0.3) is 22.5 Å². The van der Waals surface area contributed by atoms with E-state index in [0.29, 0.717) is 22.8 Å². The summed E-state index contributed by atoms with van der Waals surface area (Å²) in [5.41, 5.74) is 15.2. The third kappa shape index (κ3) is 12.1. The first-order chi connectivity index (χ1) is 31.7. The summed E-state index contributed by atoms with van der Waals surface area (Å²) in [5.74, 6) is -4.11. The maximum absolute atomic E-state index is 14.8. The van der Waals surface area contributed by atoms with Crippen LogP contribution in [0.4, 0.5) is 5.69 Å². The van der Waals surface area contributed by atoms with Crippen LogP contribution in [0.1, 0.15) is 85.5 Å². The number of benzene rings is 3. The van der Waals surface area contributed by atoms with Crippen LogP contribution in [0.5, 0.6) is 11.5 Å². The van der Waals surface area contributed by atoms with E-state index in [4.69, 9.17) is 21.5 Å². The normalized spacial score (nSPS) is 16.5. The summed E-state index contributed by atoms with van der Waals surface area (Å²) < 4.78 is 5.98. The van der Waals surface area contributed by atoms with Gasteiger partial charge in [0.25, 0.3) is 5.91 Å². The molecule has 0 saturated carbocycles. The molecule has 0 saturated heterocycles. The van der Waals surface area contributed by atoms with E-state index in [9.17, 15) is 33.9 Å². The summed E-state index contributed by atoms with van der Waals surface area (Å²) in [6.45, 7) is 12.0. The number of rotatable bonds is 13. The van der Waals surface area contributed by atoms with Crippen molar-refractivity contribution in [3.05, 3.63) is 88.2 Å². The number of aryl methyl sites for hydroxylation is 2. The number of hydrogen-bond acceptors (Lipinski definition) is 13. The number of carbonyl (C=O) groups is 6. The number of nitriles is 1. The lowest BCUT2D eigenvalue weighted by atomic mass is 9.86. The molecule has 2 heterocycles. The first-order valence-electron chi connectivity index (χ1n) is 21.8. The van der Waals surface area contributed by atoms with Gasteiger partial charge in [-0.3, -0.25) is 28.8 Å². The van der Waals surface area contributed by atoms with Crippen LogP contribution < -0.4 is 42.8 Å². The van der Waals surface area contributed by atoms with E-state index >= 15 is 0 Å². The molecule has 4 bridgehead atoms. The number of ether oxygens (including phenoxy) is 1. The third-order valence-corrected chi connectivity index (χ3v) is 11.2. The van der Waals surface area contributed by atoms with Crippen molar-refractivity contribution in [2.45, 2.75) is 90.9 Å². The number of fused-ring (bicyclic) bond motifs is 5. The maximum Gasteiger partial charge on any atom is 0.255 e. The number of phenolic OH excluding ortho intramolecular Hbond substituents is 1. The molecule has 0 aliphatic carbocycles. The van der Waals surface area contributed by atoms with Crippen LogP contribution in [0.2, 0.25) is 0 Å². The molecule has 19 heteroatoms. The molecule has 1 aliphatic rings. The second-order valence-corrected chi connectivity index (χ2v) is 17.4. The summed E-state index contributed by atoms with van der Waals surface area (Å²) in [6, 6.07) is 11.8. The van der Waals surface area contributed by atoms with Crippen molar-refractivity contribution in [2.75, 3.05) is 38.6 Å². The third-order valence-electron chi connectivity index (χ3n) is 11.2. The van der Waals surface area contributed by atoms with Gasteiger partial charge in [-0.2, -0.15) is 5.26 Å². The highest BCUT2D eigenvalue weighted by Crippen LogP contribution is 2.44. The van der Waals surface area contributed by atoms with E-state index < -0.39 is 65.4 Å². The van der Waals surface area contributed by atoms with E-state index in [1.165, 1.54) is 33.0 Å². The van der Waals surface area contributed by atoms with Gasteiger partial charge in [0.05, 0.1) is 28.7 Å². The Morgan fingerprint density at radius 3 is 2.24 bits per heavy atom. The second-order valence-electron chi connectivity index (χ2n) is 17.4. The Hall–Kier alpha value is -7.43. The van der Waals surface area contributed by atoms with Crippen LogP contribution in [0.3, 0.4) is 0 Å². The molecule has 4 unspecified atom stereocenters. The zero-order valence-corrected chi connectivity index (χ0v) is 39.0. The second kappa shape index (κ2) is 21.7. The van der Waals surface area contributed by atoms with Crippen LogP contribution in [0.15, 0.2) is 54.6 Å². The molecule has 4 atom stereocenters. The lowest BCUT2D eigenvalue weighted by molar-refractivity contribution is -0.141. The first-order valence-corrected chi connectivity index (χ1v) is 21.8. The number of carbonyl (C=O) groups excluding carboxylic acids is 6. The number of nitrogens with zero attached hydrogens (tertiary/aromatic N) is 4. The summed E-state index contributed by atoms with van der Waals surface area (Å²) in [5, 5.41) is 34.1. The molecule has 0 fully saturated rings. The van der Waals surface area contributed by atoms with Gasteiger partial charge in [-0.15, -0.1) is 0 Å². The first kappa shape index (κ1) is 50.6. The topological polar surface area (TPSA) is 297 Å². The van der Waals surface area contributed by atoms with Gasteiger partial charge in [0.15, 0.2) is 5.82 Å². The fourth-order valence-electron chi connectivity index (χ4n) is 7.74. The highest BCUT2D eigenvalue weighted by Gasteiger charge is 2.37. The molecule has 19 nitrogen and oxygen atoms in total. The molecule has 1 aromatic heterocycles. The van der Waals surface area contributed by atoms with Crippen molar-refractivity contribution in [2.24, 2.45) is 11.5 Å².